The van der Waals surface area contributed by atoms with Crippen LogP contribution in [0.5, 0.6) is 0 Å². The molecule has 0 radical (unpaired) electrons. The predicted molar refractivity (Wildman–Crippen MR) is 47.0 cm³/mol. The summed E-state index contributed by atoms with van der Waals surface area (Å²) in [5, 5.41) is 12.0. The Balaban J connectivity index is 2.34. The van der Waals surface area contributed by atoms with Crippen LogP contribution in [0.1, 0.15) is 25.7 Å². The molecule has 0 spiro atoms. The highest BCUT2D eigenvalue weighted by molar-refractivity contribution is 5.79. The van der Waals surface area contributed by atoms with Gasteiger partial charge in [-0.15, -0.1) is 6.58 Å². The molecule has 1 saturated carbocycles. The SMILES string of the molecule is C=CCCNC1(C(=O)O)CCC1. The van der Waals surface area contributed by atoms with Gasteiger partial charge in [0.15, 0.2) is 0 Å². The second kappa shape index (κ2) is 3.72. The normalized spacial score (nSPS) is 19.7. The van der Waals surface area contributed by atoms with Crippen molar-refractivity contribution in [2.75, 3.05) is 6.54 Å². The Bertz CT molecular complexity index is 185. The lowest BCUT2D eigenvalue weighted by atomic mass is 9.77. The van der Waals surface area contributed by atoms with Gasteiger partial charge in [-0.3, -0.25) is 4.79 Å². The zero-order valence-electron chi connectivity index (χ0n) is 7.18. The minimum Gasteiger partial charge on any atom is -0.480 e. The first-order valence-corrected chi connectivity index (χ1v) is 4.30. The molecule has 12 heavy (non-hydrogen) atoms. The average Bonchev–Trinajstić information content (AvgIpc) is 1.94. The van der Waals surface area contributed by atoms with Crippen LogP contribution in [-0.2, 0) is 4.79 Å². The third-order valence-electron chi connectivity index (χ3n) is 2.43. The topological polar surface area (TPSA) is 49.3 Å². The lowest BCUT2D eigenvalue weighted by Crippen LogP contribution is -2.57. The van der Waals surface area contributed by atoms with Crippen molar-refractivity contribution in [1.82, 2.24) is 5.32 Å². The van der Waals surface area contributed by atoms with Crippen LogP contribution in [-0.4, -0.2) is 23.2 Å². The standard InChI is InChI=1S/C9H15NO2/c1-2-3-7-10-9(8(11)12)5-4-6-9/h2,10H,1,3-7H2,(H,11,12). The van der Waals surface area contributed by atoms with E-state index in [1.54, 1.807) is 6.08 Å². The summed E-state index contributed by atoms with van der Waals surface area (Å²) in [6.45, 7) is 4.30. The third kappa shape index (κ3) is 1.67. The fourth-order valence-corrected chi connectivity index (χ4v) is 1.41. The summed E-state index contributed by atoms with van der Waals surface area (Å²) in [6, 6.07) is 0. The van der Waals surface area contributed by atoms with Crippen molar-refractivity contribution in [2.24, 2.45) is 0 Å². The number of carbonyl (C=O) groups is 1. The predicted octanol–water partition coefficient (Wildman–Crippen LogP) is 1.16. The van der Waals surface area contributed by atoms with Crippen LogP contribution < -0.4 is 5.32 Å². The fourth-order valence-electron chi connectivity index (χ4n) is 1.41. The summed E-state index contributed by atoms with van der Waals surface area (Å²) in [7, 11) is 0. The zero-order valence-corrected chi connectivity index (χ0v) is 7.18. The van der Waals surface area contributed by atoms with Crippen molar-refractivity contribution < 1.29 is 9.90 Å². The molecule has 0 amide bonds. The largest absolute Gasteiger partial charge is 0.480 e. The highest BCUT2D eigenvalue weighted by Gasteiger charge is 2.43. The van der Waals surface area contributed by atoms with Gasteiger partial charge in [0.25, 0.3) is 0 Å². The molecule has 3 nitrogen and oxygen atoms in total. The lowest BCUT2D eigenvalue weighted by molar-refractivity contribution is -0.148. The van der Waals surface area contributed by atoms with Crippen molar-refractivity contribution in [1.29, 1.82) is 0 Å². The zero-order chi connectivity index (χ0) is 9.03. The molecule has 0 aromatic rings. The Labute approximate surface area is 72.5 Å². The van der Waals surface area contributed by atoms with Crippen LogP contribution in [0.2, 0.25) is 0 Å². The Kier molecular flexibility index (Phi) is 2.87. The summed E-state index contributed by atoms with van der Waals surface area (Å²) in [4.78, 5) is 10.8. The number of hydrogen-bond donors (Lipinski definition) is 2. The van der Waals surface area contributed by atoms with Gasteiger partial charge in [0.1, 0.15) is 5.54 Å². The molecular weight excluding hydrogens is 154 g/mol. The Morgan fingerprint density at radius 2 is 2.33 bits per heavy atom. The summed E-state index contributed by atoms with van der Waals surface area (Å²) < 4.78 is 0. The number of aliphatic carboxylic acids is 1. The van der Waals surface area contributed by atoms with Crippen molar-refractivity contribution in [3.05, 3.63) is 12.7 Å². The van der Waals surface area contributed by atoms with Gasteiger partial charge in [0.2, 0.25) is 0 Å². The van der Waals surface area contributed by atoms with Crippen LogP contribution in [0.4, 0.5) is 0 Å². The molecule has 1 fully saturated rings. The van der Waals surface area contributed by atoms with Crippen LogP contribution >= 0.6 is 0 Å². The molecule has 1 aliphatic rings. The third-order valence-corrected chi connectivity index (χ3v) is 2.43. The van der Waals surface area contributed by atoms with Crippen molar-refractivity contribution in [3.63, 3.8) is 0 Å². The molecule has 3 heteroatoms. The van der Waals surface area contributed by atoms with Gasteiger partial charge in [-0.1, -0.05) is 6.08 Å². The van der Waals surface area contributed by atoms with Crippen molar-refractivity contribution in [3.8, 4) is 0 Å². The van der Waals surface area contributed by atoms with Gasteiger partial charge in [0.05, 0.1) is 0 Å². The van der Waals surface area contributed by atoms with Crippen LogP contribution in [0, 0.1) is 0 Å². The molecule has 2 N–H and O–H groups in total. The van der Waals surface area contributed by atoms with E-state index in [0.717, 1.165) is 32.2 Å². The molecule has 0 saturated heterocycles. The van der Waals surface area contributed by atoms with Gasteiger partial charge in [-0.05, 0) is 32.2 Å². The second-order valence-corrected chi connectivity index (χ2v) is 3.24. The molecule has 0 aliphatic heterocycles. The van der Waals surface area contributed by atoms with E-state index < -0.39 is 11.5 Å². The van der Waals surface area contributed by atoms with E-state index in [1.807, 2.05) is 0 Å². The molecule has 68 valence electrons. The Hall–Kier alpha value is -0.830. The van der Waals surface area contributed by atoms with E-state index in [1.165, 1.54) is 0 Å². The van der Waals surface area contributed by atoms with Crippen LogP contribution in [0.3, 0.4) is 0 Å². The van der Waals surface area contributed by atoms with E-state index in [9.17, 15) is 4.79 Å². The van der Waals surface area contributed by atoms with E-state index >= 15 is 0 Å². The maximum atomic E-state index is 10.8. The average molecular weight is 169 g/mol. The molecule has 1 rings (SSSR count). The van der Waals surface area contributed by atoms with Gasteiger partial charge < -0.3 is 10.4 Å². The maximum Gasteiger partial charge on any atom is 0.323 e. The van der Waals surface area contributed by atoms with Crippen LogP contribution in [0.25, 0.3) is 0 Å². The minimum atomic E-state index is -0.710. The van der Waals surface area contributed by atoms with Gasteiger partial charge >= 0.3 is 5.97 Å². The van der Waals surface area contributed by atoms with E-state index in [4.69, 9.17) is 5.11 Å². The van der Waals surface area contributed by atoms with Gasteiger partial charge in [0, 0.05) is 0 Å². The number of nitrogens with one attached hydrogen (secondary N) is 1. The molecule has 0 atom stereocenters. The Morgan fingerprint density at radius 1 is 1.67 bits per heavy atom. The molecule has 0 heterocycles. The van der Waals surface area contributed by atoms with Crippen molar-refractivity contribution >= 4 is 5.97 Å². The summed E-state index contributed by atoms with van der Waals surface area (Å²) in [5.74, 6) is -0.710. The summed E-state index contributed by atoms with van der Waals surface area (Å²) >= 11 is 0. The number of carboxylic acids is 1. The number of rotatable bonds is 5. The molecule has 1 aliphatic carbocycles. The van der Waals surface area contributed by atoms with E-state index in [0.29, 0.717) is 0 Å². The summed E-state index contributed by atoms with van der Waals surface area (Å²) in [5.41, 5.74) is -0.608. The van der Waals surface area contributed by atoms with Crippen LogP contribution in [0.15, 0.2) is 12.7 Å². The second-order valence-electron chi connectivity index (χ2n) is 3.24. The molecule has 0 aromatic heterocycles. The highest BCUT2D eigenvalue weighted by atomic mass is 16.4. The monoisotopic (exact) mass is 169 g/mol. The quantitative estimate of drug-likeness (QED) is 0.479. The first kappa shape index (κ1) is 9.26. The molecule has 0 unspecified atom stereocenters. The first-order chi connectivity index (χ1) is 5.71. The Morgan fingerprint density at radius 3 is 2.67 bits per heavy atom. The lowest BCUT2D eigenvalue weighted by Gasteiger charge is -2.38. The maximum absolute atomic E-state index is 10.8. The van der Waals surface area contributed by atoms with Gasteiger partial charge in [-0.25, -0.2) is 0 Å². The highest BCUT2D eigenvalue weighted by Crippen LogP contribution is 2.31. The van der Waals surface area contributed by atoms with Crippen molar-refractivity contribution in [2.45, 2.75) is 31.2 Å². The summed E-state index contributed by atoms with van der Waals surface area (Å²) in [6.07, 6.45) is 5.17. The van der Waals surface area contributed by atoms with Gasteiger partial charge in [-0.2, -0.15) is 0 Å². The van der Waals surface area contributed by atoms with E-state index in [2.05, 4.69) is 11.9 Å². The smallest absolute Gasteiger partial charge is 0.323 e. The molecular formula is C9H15NO2. The van der Waals surface area contributed by atoms with E-state index in [-0.39, 0.29) is 0 Å². The fraction of sp³-hybridized carbons (Fsp3) is 0.667. The first-order valence-electron chi connectivity index (χ1n) is 4.30. The minimum absolute atomic E-state index is 0.608. The number of carboxylic acid groups (broad SMARTS) is 1. The number of hydrogen-bond acceptors (Lipinski definition) is 2. The molecule has 0 bridgehead atoms. The molecule has 0 aromatic carbocycles.